The number of thioether (sulfide) groups is 1. The van der Waals surface area contributed by atoms with Gasteiger partial charge in [0, 0.05) is 11.6 Å². The molecule has 0 spiro atoms. The Morgan fingerprint density at radius 2 is 2.03 bits per heavy atom. The van der Waals surface area contributed by atoms with Gasteiger partial charge < -0.3 is 19.3 Å². The summed E-state index contributed by atoms with van der Waals surface area (Å²) in [6, 6.07) is 15.3. The lowest BCUT2D eigenvalue weighted by Gasteiger charge is -2.01. The molecule has 0 fully saturated rings. The van der Waals surface area contributed by atoms with Crippen molar-refractivity contribution in [2.24, 2.45) is 0 Å². The number of rotatable bonds is 6. The highest BCUT2D eigenvalue weighted by Crippen LogP contribution is 2.36. The van der Waals surface area contributed by atoms with Crippen molar-refractivity contribution in [2.45, 2.75) is 10.9 Å². The molecule has 3 heterocycles. The van der Waals surface area contributed by atoms with E-state index in [-0.39, 0.29) is 12.7 Å². The summed E-state index contributed by atoms with van der Waals surface area (Å²) >= 11 is 3.02. The summed E-state index contributed by atoms with van der Waals surface area (Å²) in [5.74, 6) is 2.22. The van der Waals surface area contributed by atoms with Gasteiger partial charge in [0.1, 0.15) is 5.69 Å². The van der Waals surface area contributed by atoms with Gasteiger partial charge in [0.15, 0.2) is 21.6 Å². The second kappa shape index (κ2) is 7.76. The quantitative estimate of drug-likeness (QED) is 0.466. The molecule has 146 valence electrons. The molecule has 0 aliphatic carbocycles. The molecule has 2 aromatic heterocycles. The van der Waals surface area contributed by atoms with Gasteiger partial charge in [-0.1, -0.05) is 29.1 Å². The normalized spacial score (nSPS) is 12.4. The molecule has 0 radical (unpaired) electrons. The number of hydrogen-bond donors (Lipinski definition) is 1. The van der Waals surface area contributed by atoms with Gasteiger partial charge in [-0.05, 0) is 30.3 Å². The van der Waals surface area contributed by atoms with Gasteiger partial charge in [0.05, 0.1) is 22.5 Å². The molecule has 1 amide bonds. The maximum atomic E-state index is 12.2. The van der Waals surface area contributed by atoms with E-state index in [0.717, 1.165) is 20.1 Å². The van der Waals surface area contributed by atoms with Crippen LogP contribution in [-0.4, -0.2) is 28.6 Å². The van der Waals surface area contributed by atoms with Gasteiger partial charge in [-0.3, -0.25) is 4.79 Å². The molecule has 29 heavy (non-hydrogen) atoms. The predicted octanol–water partition coefficient (Wildman–Crippen LogP) is 4.09. The third-order valence-electron chi connectivity index (χ3n) is 4.28. The first kappa shape index (κ1) is 18.0. The number of carbonyl (C=O) groups excluding carboxylic acids is 1. The molecule has 4 aromatic rings. The Morgan fingerprint density at radius 1 is 1.14 bits per heavy atom. The molecule has 1 aliphatic heterocycles. The summed E-state index contributed by atoms with van der Waals surface area (Å²) in [7, 11) is 0. The Balaban J connectivity index is 1.16. The minimum Gasteiger partial charge on any atom is -0.454 e. The molecule has 5 rings (SSSR count). The van der Waals surface area contributed by atoms with E-state index in [0.29, 0.717) is 35.3 Å². The molecular formula is C20H15N3O4S2. The zero-order valence-electron chi connectivity index (χ0n) is 15.1. The van der Waals surface area contributed by atoms with Crippen LogP contribution in [0, 0.1) is 0 Å². The molecule has 2 aromatic carbocycles. The number of thiazole rings is 1. The Morgan fingerprint density at radius 3 is 2.97 bits per heavy atom. The molecule has 1 aliphatic rings. The number of carbonyl (C=O) groups is 1. The summed E-state index contributed by atoms with van der Waals surface area (Å²) in [6.45, 7) is 0.523. The predicted molar refractivity (Wildman–Crippen MR) is 110 cm³/mol. The summed E-state index contributed by atoms with van der Waals surface area (Å²) < 4.78 is 18.1. The van der Waals surface area contributed by atoms with Crippen molar-refractivity contribution in [1.29, 1.82) is 0 Å². The summed E-state index contributed by atoms with van der Waals surface area (Å²) in [5.41, 5.74) is 2.45. The number of nitrogens with zero attached hydrogens (tertiary/aromatic N) is 2. The molecule has 0 unspecified atom stereocenters. The number of ether oxygens (including phenoxy) is 2. The van der Waals surface area contributed by atoms with Crippen molar-refractivity contribution in [3.8, 4) is 22.8 Å². The standard InChI is InChI=1S/C20H15N3O4S2/c24-19(10-28-20-22-14-3-1-2-4-18(14)29-20)21-9-13-8-16(27-23-13)12-5-6-15-17(7-12)26-11-25-15/h1-8H,9-11H2,(H,21,24). The zero-order valence-corrected chi connectivity index (χ0v) is 16.7. The van der Waals surface area contributed by atoms with Crippen molar-refractivity contribution in [1.82, 2.24) is 15.5 Å². The molecular weight excluding hydrogens is 410 g/mol. The average molecular weight is 425 g/mol. The molecule has 0 saturated carbocycles. The van der Waals surface area contributed by atoms with Crippen LogP contribution in [0.4, 0.5) is 0 Å². The van der Waals surface area contributed by atoms with E-state index in [4.69, 9.17) is 14.0 Å². The second-order valence-corrected chi connectivity index (χ2v) is 8.52. The lowest BCUT2D eigenvalue weighted by molar-refractivity contribution is -0.118. The van der Waals surface area contributed by atoms with Gasteiger partial charge >= 0.3 is 0 Å². The molecule has 0 atom stereocenters. The van der Waals surface area contributed by atoms with Gasteiger partial charge in [-0.2, -0.15) is 0 Å². The van der Waals surface area contributed by atoms with Gasteiger partial charge in [-0.25, -0.2) is 4.98 Å². The van der Waals surface area contributed by atoms with E-state index in [9.17, 15) is 4.79 Å². The maximum Gasteiger partial charge on any atom is 0.231 e. The van der Waals surface area contributed by atoms with Crippen LogP contribution in [0.3, 0.4) is 0 Å². The smallest absolute Gasteiger partial charge is 0.231 e. The average Bonchev–Trinajstić information content (AvgIpc) is 3.48. The van der Waals surface area contributed by atoms with E-state index in [1.165, 1.54) is 11.8 Å². The number of hydrogen-bond acceptors (Lipinski definition) is 8. The van der Waals surface area contributed by atoms with Gasteiger partial charge in [-0.15, -0.1) is 11.3 Å². The highest BCUT2D eigenvalue weighted by atomic mass is 32.2. The first-order valence-electron chi connectivity index (χ1n) is 8.85. The van der Waals surface area contributed by atoms with Crippen LogP contribution in [0.1, 0.15) is 5.69 Å². The SMILES string of the molecule is O=C(CSc1nc2ccccc2s1)NCc1cc(-c2ccc3c(c2)OCO3)on1. The van der Waals surface area contributed by atoms with Crippen molar-refractivity contribution in [2.75, 3.05) is 12.5 Å². The number of benzene rings is 2. The van der Waals surface area contributed by atoms with Crippen molar-refractivity contribution >= 4 is 39.2 Å². The third kappa shape index (κ3) is 3.92. The minimum absolute atomic E-state index is 0.0816. The summed E-state index contributed by atoms with van der Waals surface area (Å²) in [6.07, 6.45) is 0. The van der Waals surface area contributed by atoms with Crippen LogP contribution >= 0.6 is 23.1 Å². The molecule has 0 saturated heterocycles. The Labute approximate surface area is 174 Å². The number of nitrogens with one attached hydrogen (secondary N) is 1. The van der Waals surface area contributed by atoms with E-state index in [2.05, 4.69) is 15.5 Å². The van der Waals surface area contributed by atoms with Crippen LogP contribution in [0.15, 0.2) is 57.4 Å². The van der Waals surface area contributed by atoms with E-state index < -0.39 is 0 Å². The van der Waals surface area contributed by atoms with E-state index in [1.807, 2.05) is 42.5 Å². The number of para-hydroxylation sites is 1. The largest absolute Gasteiger partial charge is 0.454 e. The Kier molecular flexibility index (Phi) is 4.82. The highest BCUT2D eigenvalue weighted by molar-refractivity contribution is 8.01. The fourth-order valence-corrected chi connectivity index (χ4v) is 4.76. The van der Waals surface area contributed by atoms with Crippen molar-refractivity contribution < 1.29 is 18.8 Å². The Bertz CT molecular complexity index is 1150. The van der Waals surface area contributed by atoms with E-state index >= 15 is 0 Å². The zero-order chi connectivity index (χ0) is 19.6. The lowest BCUT2D eigenvalue weighted by Crippen LogP contribution is -2.24. The molecule has 0 bridgehead atoms. The summed E-state index contributed by atoms with van der Waals surface area (Å²) in [5, 5.41) is 6.89. The third-order valence-corrected chi connectivity index (χ3v) is 6.46. The van der Waals surface area contributed by atoms with Crippen molar-refractivity contribution in [3.63, 3.8) is 0 Å². The van der Waals surface area contributed by atoms with Crippen LogP contribution in [-0.2, 0) is 11.3 Å². The number of fused-ring (bicyclic) bond motifs is 2. The minimum atomic E-state index is -0.0816. The molecule has 7 nitrogen and oxygen atoms in total. The fourth-order valence-electron chi connectivity index (χ4n) is 2.86. The first-order valence-corrected chi connectivity index (χ1v) is 10.7. The Hall–Kier alpha value is -3.04. The molecule has 9 heteroatoms. The van der Waals surface area contributed by atoms with Gasteiger partial charge in [0.2, 0.25) is 12.7 Å². The number of aromatic nitrogens is 2. The number of amides is 1. The summed E-state index contributed by atoms with van der Waals surface area (Å²) in [4.78, 5) is 16.7. The lowest BCUT2D eigenvalue weighted by atomic mass is 10.1. The van der Waals surface area contributed by atoms with E-state index in [1.54, 1.807) is 17.4 Å². The van der Waals surface area contributed by atoms with Gasteiger partial charge in [0.25, 0.3) is 0 Å². The second-order valence-electron chi connectivity index (χ2n) is 6.26. The topological polar surface area (TPSA) is 86.5 Å². The van der Waals surface area contributed by atoms with Crippen LogP contribution in [0.5, 0.6) is 11.5 Å². The van der Waals surface area contributed by atoms with Crippen LogP contribution < -0.4 is 14.8 Å². The fraction of sp³-hybridized carbons (Fsp3) is 0.150. The maximum absolute atomic E-state index is 12.2. The van der Waals surface area contributed by atoms with Crippen molar-refractivity contribution in [3.05, 3.63) is 54.2 Å². The monoisotopic (exact) mass is 425 g/mol. The molecule has 1 N–H and O–H groups in total. The van der Waals surface area contributed by atoms with Crippen LogP contribution in [0.25, 0.3) is 21.5 Å². The highest BCUT2D eigenvalue weighted by Gasteiger charge is 2.16. The first-order chi connectivity index (χ1) is 14.2. The van der Waals surface area contributed by atoms with Crippen LogP contribution in [0.2, 0.25) is 0 Å².